The van der Waals surface area contributed by atoms with Gasteiger partial charge in [-0.05, 0) is 37.5 Å². The lowest BCUT2D eigenvalue weighted by atomic mass is 9.97. The summed E-state index contributed by atoms with van der Waals surface area (Å²) in [6.07, 6.45) is 8.26. The first-order chi connectivity index (χ1) is 12.1. The molecule has 0 atom stereocenters. The number of rotatable bonds is 4. The van der Waals surface area contributed by atoms with Crippen LogP contribution in [0.1, 0.15) is 50.5 Å². The number of carbonyl (C=O) groups excluding carboxylic acids is 1. The summed E-state index contributed by atoms with van der Waals surface area (Å²) in [5.41, 5.74) is 0.951. The Kier molecular flexibility index (Phi) is 5.74. The molecule has 2 aromatic rings. The van der Waals surface area contributed by atoms with E-state index in [1.807, 2.05) is 13.0 Å². The van der Waals surface area contributed by atoms with Crippen molar-refractivity contribution in [3.63, 3.8) is 0 Å². The van der Waals surface area contributed by atoms with Crippen molar-refractivity contribution >= 4 is 16.9 Å². The number of carbonyl (C=O) groups is 1. The van der Waals surface area contributed by atoms with Crippen molar-refractivity contribution in [1.29, 1.82) is 0 Å². The Morgan fingerprint density at radius 3 is 2.64 bits per heavy atom. The van der Waals surface area contributed by atoms with Crippen LogP contribution in [0, 0.1) is 6.92 Å². The molecule has 0 bridgehead atoms. The van der Waals surface area contributed by atoms with Crippen LogP contribution in [0.2, 0.25) is 0 Å². The number of nitrogens with one attached hydrogen (secondary N) is 1. The van der Waals surface area contributed by atoms with Gasteiger partial charge < -0.3 is 14.5 Å². The standard InChI is InChI=1S/C20H25NO4/c1-14-11-20(23)25-18-12-16(9-10-17(14)18)24-13-19(22)21-15-7-5-3-2-4-6-8-15/h9-12,15H,2-8,13H2,1H3,(H,21,22). The van der Waals surface area contributed by atoms with Gasteiger partial charge in [-0.25, -0.2) is 4.79 Å². The van der Waals surface area contributed by atoms with Gasteiger partial charge in [-0.3, -0.25) is 4.79 Å². The minimum atomic E-state index is -0.385. The van der Waals surface area contributed by atoms with Crippen molar-refractivity contribution in [2.24, 2.45) is 0 Å². The molecule has 1 aromatic carbocycles. The van der Waals surface area contributed by atoms with E-state index in [0.717, 1.165) is 23.8 Å². The van der Waals surface area contributed by atoms with Gasteiger partial charge in [-0.1, -0.05) is 32.1 Å². The fourth-order valence-corrected chi connectivity index (χ4v) is 3.41. The molecule has 5 nitrogen and oxygen atoms in total. The molecule has 0 radical (unpaired) electrons. The number of amides is 1. The van der Waals surface area contributed by atoms with Gasteiger partial charge in [0.05, 0.1) is 0 Å². The Hall–Kier alpha value is -2.30. The third-order valence-corrected chi connectivity index (χ3v) is 4.76. The van der Waals surface area contributed by atoms with Crippen molar-refractivity contribution in [2.45, 2.75) is 57.9 Å². The van der Waals surface area contributed by atoms with Crippen LogP contribution in [0.5, 0.6) is 5.75 Å². The molecule has 1 amide bonds. The van der Waals surface area contributed by atoms with Gasteiger partial charge in [-0.2, -0.15) is 0 Å². The molecule has 1 aromatic heterocycles. The monoisotopic (exact) mass is 343 g/mol. The topological polar surface area (TPSA) is 68.5 Å². The highest BCUT2D eigenvalue weighted by atomic mass is 16.5. The third-order valence-electron chi connectivity index (χ3n) is 4.76. The zero-order valence-corrected chi connectivity index (χ0v) is 14.7. The Balaban J connectivity index is 1.58. The van der Waals surface area contributed by atoms with Crippen LogP contribution < -0.4 is 15.7 Å². The van der Waals surface area contributed by atoms with E-state index >= 15 is 0 Å². The van der Waals surface area contributed by atoms with Crippen LogP contribution in [0.25, 0.3) is 11.0 Å². The fourth-order valence-electron chi connectivity index (χ4n) is 3.41. The van der Waals surface area contributed by atoms with Gasteiger partial charge in [0.15, 0.2) is 6.61 Å². The highest BCUT2D eigenvalue weighted by Crippen LogP contribution is 2.22. The molecule has 1 fully saturated rings. The Morgan fingerprint density at radius 2 is 1.88 bits per heavy atom. The first kappa shape index (κ1) is 17.5. The molecule has 134 valence electrons. The Bertz CT molecular complexity index is 788. The first-order valence-corrected chi connectivity index (χ1v) is 9.08. The minimum Gasteiger partial charge on any atom is -0.484 e. The highest BCUT2D eigenvalue weighted by Gasteiger charge is 2.14. The second-order valence-corrected chi connectivity index (χ2v) is 6.80. The summed E-state index contributed by atoms with van der Waals surface area (Å²) >= 11 is 0. The van der Waals surface area contributed by atoms with Gasteiger partial charge in [0.25, 0.3) is 5.91 Å². The van der Waals surface area contributed by atoms with E-state index in [1.165, 1.54) is 38.2 Å². The largest absolute Gasteiger partial charge is 0.484 e. The molecule has 1 heterocycles. The van der Waals surface area contributed by atoms with Gasteiger partial charge in [0.1, 0.15) is 11.3 Å². The SMILES string of the molecule is Cc1cc(=O)oc2cc(OCC(=O)NC3CCCCCCC3)ccc12. The molecule has 0 saturated heterocycles. The van der Waals surface area contributed by atoms with Gasteiger partial charge in [-0.15, -0.1) is 0 Å². The van der Waals surface area contributed by atoms with Crippen molar-refractivity contribution in [3.05, 3.63) is 40.2 Å². The lowest BCUT2D eigenvalue weighted by molar-refractivity contribution is -0.123. The number of fused-ring (bicyclic) bond motifs is 1. The summed E-state index contributed by atoms with van der Waals surface area (Å²) < 4.78 is 10.8. The van der Waals surface area contributed by atoms with E-state index < -0.39 is 0 Å². The van der Waals surface area contributed by atoms with E-state index in [-0.39, 0.29) is 24.2 Å². The minimum absolute atomic E-state index is 0.0297. The van der Waals surface area contributed by atoms with E-state index in [2.05, 4.69) is 5.32 Å². The molecular weight excluding hydrogens is 318 g/mol. The molecule has 3 rings (SSSR count). The molecule has 1 saturated carbocycles. The average Bonchev–Trinajstić information content (AvgIpc) is 2.55. The van der Waals surface area contributed by atoms with E-state index in [4.69, 9.17) is 9.15 Å². The van der Waals surface area contributed by atoms with Crippen LogP contribution in [-0.2, 0) is 4.79 Å². The molecule has 0 unspecified atom stereocenters. The number of hydrogen-bond acceptors (Lipinski definition) is 4. The number of hydrogen-bond donors (Lipinski definition) is 1. The molecule has 1 aliphatic rings. The number of aryl methyl sites for hydroxylation is 1. The maximum absolute atomic E-state index is 12.1. The van der Waals surface area contributed by atoms with Gasteiger partial charge in [0.2, 0.25) is 0 Å². The predicted molar refractivity (Wildman–Crippen MR) is 97.0 cm³/mol. The molecular formula is C20H25NO4. The first-order valence-electron chi connectivity index (χ1n) is 9.08. The fraction of sp³-hybridized carbons (Fsp3) is 0.500. The van der Waals surface area contributed by atoms with Gasteiger partial charge in [0, 0.05) is 23.6 Å². The highest BCUT2D eigenvalue weighted by molar-refractivity contribution is 5.81. The van der Waals surface area contributed by atoms with Crippen LogP contribution >= 0.6 is 0 Å². The van der Waals surface area contributed by atoms with Crippen LogP contribution in [0.4, 0.5) is 0 Å². The lowest BCUT2D eigenvalue weighted by Gasteiger charge is -2.21. The van der Waals surface area contributed by atoms with Crippen molar-refractivity contribution in [3.8, 4) is 5.75 Å². The van der Waals surface area contributed by atoms with Crippen LogP contribution in [-0.4, -0.2) is 18.6 Å². The van der Waals surface area contributed by atoms with E-state index in [1.54, 1.807) is 12.1 Å². The maximum Gasteiger partial charge on any atom is 0.336 e. The molecule has 5 heteroatoms. The molecule has 0 aliphatic heterocycles. The van der Waals surface area contributed by atoms with Crippen molar-refractivity contribution in [1.82, 2.24) is 5.32 Å². The Labute approximate surface area is 147 Å². The third kappa shape index (κ3) is 4.84. The van der Waals surface area contributed by atoms with Crippen LogP contribution in [0.3, 0.4) is 0 Å². The maximum atomic E-state index is 12.1. The predicted octanol–water partition coefficient (Wildman–Crippen LogP) is 3.71. The molecule has 25 heavy (non-hydrogen) atoms. The molecule has 1 N–H and O–H groups in total. The number of benzene rings is 1. The summed E-state index contributed by atoms with van der Waals surface area (Å²) in [6.45, 7) is 1.83. The number of ether oxygens (including phenoxy) is 1. The molecule has 1 aliphatic carbocycles. The van der Waals surface area contributed by atoms with Gasteiger partial charge >= 0.3 is 5.63 Å². The summed E-state index contributed by atoms with van der Waals surface area (Å²) in [5.74, 6) is 0.422. The van der Waals surface area contributed by atoms with Crippen molar-refractivity contribution < 1.29 is 13.9 Å². The van der Waals surface area contributed by atoms with E-state index in [9.17, 15) is 9.59 Å². The Morgan fingerprint density at radius 1 is 1.16 bits per heavy atom. The summed E-state index contributed by atoms with van der Waals surface area (Å²) in [4.78, 5) is 23.6. The molecule has 0 spiro atoms. The summed E-state index contributed by atoms with van der Waals surface area (Å²) in [5, 5.41) is 3.94. The second kappa shape index (κ2) is 8.19. The van der Waals surface area contributed by atoms with Crippen LogP contribution in [0.15, 0.2) is 33.5 Å². The van der Waals surface area contributed by atoms with Crippen molar-refractivity contribution in [2.75, 3.05) is 6.61 Å². The normalized spacial score (nSPS) is 16.2. The zero-order chi connectivity index (χ0) is 17.6. The quantitative estimate of drug-likeness (QED) is 0.859. The van der Waals surface area contributed by atoms with E-state index in [0.29, 0.717) is 11.3 Å². The summed E-state index contributed by atoms with van der Waals surface area (Å²) in [7, 11) is 0. The smallest absolute Gasteiger partial charge is 0.336 e. The average molecular weight is 343 g/mol. The lowest BCUT2D eigenvalue weighted by Crippen LogP contribution is -2.38. The second-order valence-electron chi connectivity index (χ2n) is 6.80. The summed E-state index contributed by atoms with van der Waals surface area (Å²) in [6, 6.07) is 7.01. The zero-order valence-electron chi connectivity index (χ0n) is 14.7.